The van der Waals surface area contributed by atoms with Gasteiger partial charge in [0.15, 0.2) is 0 Å². The Morgan fingerprint density at radius 3 is 2.52 bits per heavy atom. The van der Waals surface area contributed by atoms with Crippen molar-refractivity contribution >= 4 is 32.6 Å². The predicted octanol–water partition coefficient (Wildman–Crippen LogP) is 2.61. The number of nitrogens with zero attached hydrogens (tertiary/aromatic N) is 1. The standard InChI is InChI=1S/C15H17N3O2S/c1-3-18-11-6-4-5-7-12(11)21(19,20)13-9-8-10(17-2)14(16)15(13)18/h4-9,17H,3,16H2,1-2H3. The second-order valence-electron chi connectivity index (χ2n) is 4.84. The second-order valence-corrected chi connectivity index (χ2v) is 6.73. The SMILES string of the molecule is CCN1c2ccccc2S(=O)(=O)c2ccc(NC)c(N)c21. The number of anilines is 4. The molecule has 21 heavy (non-hydrogen) atoms. The van der Waals surface area contributed by atoms with Gasteiger partial charge >= 0.3 is 0 Å². The molecule has 110 valence electrons. The fourth-order valence-corrected chi connectivity index (χ4v) is 4.45. The van der Waals surface area contributed by atoms with Crippen molar-refractivity contribution in [1.29, 1.82) is 0 Å². The first-order valence-corrected chi connectivity index (χ1v) is 8.22. The van der Waals surface area contributed by atoms with Crippen LogP contribution in [0.25, 0.3) is 0 Å². The number of nitrogens with one attached hydrogen (secondary N) is 1. The van der Waals surface area contributed by atoms with Crippen molar-refractivity contribution in [2.45, 2.75) is 16.7 Å². The highest BCUT2D eigenvalue weighted by Gasteiger charge is 2.35. The zero-order valence-electron chi connectivity index (χ0n) is 11.9. The van der Waals surface area contributed by atoms with E-state index >= 15 is 0 Å². The van der Waals surface area contributed by atoms with Crippen LogP contribution in [0.3, 0.4) is 0 Å². The number of sulfone groups is 1. The Morgan fingerprint density at radius 1 is 1.14 bits per heavy atom. The second kappa shape index (κ2) is 4.66. The number of fused-ring (bicyclic) bond motifs is 2. The van der Waals surface area contributed by atoms with Crippen LogP contribution in [0.15, 0.2) is 46.2 Å². The quantitative estimate of drug-likeness (QED) is 0.834. The summed E-state index contributed by atoms with van der Waals surface area (Å²) in [5.41, 5.74) is 8.60. The highest BCUT2D eigenvalue weighted by molar-refractivity contribution is 7.92. The lowest BCUT2D eigenvalue weighted by molar-refractivity contribution is 0.594. The molecule has 1 aliphatic heterocycles. The fraction of sp³-hybridized carbons (Fsp3) is 0.200. The van der Waals surface area contributed by atoms with E-state index in [1.165, 1.54) is 0 Å². The molecule has 0 saturated heterocycles. The average molecular weight is 303 g/mol. The van der Waals surface area contributed by atoms with Crippen molar-refractivity contribution in [3.8, 4) is 0 Å². The highest BCUT2D eigenvalue weighted by atomic mass is 32.2. The van der Waals surface area contributed by atoms with Gasteiger partial charge in [0.05, 0.1) is 32.5 Å². The fourth-order valence-electron chi connectivity index (χ4n) is 2.78. The molecule has 0 amide bonds. The van der Waals surface area contributed by atoms with Crippen LogP contribution in [-0.4, -0.2) is 22.0 Å². The van der Waals surface area contributed by atoms with Gasteiger partial charge in [0.25, 0.3) is 0 Å². The van der Waals surface area contributed by atoms with Gasteiger partial charge in [-0.2, -0.15) is 0 Å². The summed E-state index contributed by atoms with van der Waals surface area (Å²) in [6.07, 6.45) is 0. The van der Waals surface area contributed by atoms with Gasteiger partial charge in [-0.3, -0.25) is 0 Å². The Balaban J connectivity index is 2.41. The molecule has 2 aromatic carbocycles. The van der Waals surface area contributed by atoms with Gasteiger partial charge in [-0.25, -0.2) is 8.42 Å². The third-order valence-electron chi connectivity index (χ3n) is 3.77. The minimum atomic E-state index is -3.54. The molecule has 0 saturated carbocycles. The van der Waals surface area contributed by atoms with Gasteiger partial charge in [-0.15, -0.1) is 0 Å². The van der Waals surface area contributed by atoms with Gasteiger partial charge < -0.3 is 16.0 Å². The molecular weight excluding hydrogens is 286 g/mol. The van der Waals surface area contributed by atoms with E-state index in [4.69, 9.17) is 5.73 Å². The van der Waals surface area contributed by atoms with Crippen LogP contribution in [-0.2, 0) is 9.84 Å². The lowest BCUT2D eigenvalue weighted by atomic mass is 10.1. The van der Waals surface area contributed by atoms with E-state index in [0.29, 0.717) is 28.5 Å². The van der Waals surface area contributed by atoms with Crippen LogP contribution in [0, 0.1) is 0 Å². The summed E-state index contributed by atoms with van der Waals surface area (Å²) in [7, 11) is -1.78. The molecule has 3 N–H and O–H groups in total. The van der Waals surface area contributed by atoms with Crippen LogP contribution in [0.5, 0.6) is 0 Å². The summed E-state index contributed by atoms with van der Waals surface area (Å²) >= 11 is 0. The van der Waals surface area contributed by atoms with Gasteiger partial charge in [-0.1, -0.05) is 12.1 Å². The number of nitrogen functional groups attached to an aromatic ring is 1. The molecule has 1 aliphatic rings. The van der Waals surface area contributed by atoms with Crippen LogP contribution in [0.1, 0.15) is 6.92 Å². The molecule has 1 heterocycles. The summed E-state index contributed by atoms with van der Waals surface area (Å²) in [6, 6.07) is 10.3. The zero-order valence-corrected chi connectivity index (χ0v) is 12.7. The minimum Gasteiger partial charge on any atom is -0.395 e. The molecule has 3 rings (SSSR count). The van der Waals surface area contributed by atoms with E-state index in [1.54, 1.807) is 31.3 Å². The van der Waals surface area contributed by atoms with Crippen LogP contribution in [0.2, 0.25) is 0 Å². The first kappa shape index (κ1) is 13.8. The van der Waals surface area contributed by atoms with Crippen LogP contribution in [0.4, 0.5) is 22.7 Å². The monoisotopic (exact) mass is 303 g/mol. The van der Waals surface area contributed by atoms with Crippen molar-refractivity contribution in [2.75, 3.05) is 29.5 Å². The molecule has 0 fully saturated rings. The molecule has 0 atom stereocenters. The third-order valence-corrected chi connectivity index (χ3v) is 5.60. The summed E-state index contributed by atoms with van der Waals surface area (Å²) in [5.74, 6) is 0. The predicted molar refractivity (Wildman–Crippen MR) is 85.0 cm³/mol. The summed E-state index contributed by atoms with van der Waals surface area (Å²) in [5, 5.41) is 2.99. The lowest BCUT2D eigenvalue weighted by Gasteiger charge is -2.33. The normalized spacial score (nSPS) is 15.2. The molecular formula is C15H17N3O2S. The Bertz CT molecular complexity index is 816. The first-order chi connectivity index (χ1) is 10.0. The maximum absolute atomic E-state index is 12.8. The van der Waals surface area contributed by atoms with E-state index in [2.05, 4.69) is 5.32 Å². The van der Waals surface area contributed by atoms with Crippen molar-refractivity contribution in [3.05, 3.63) is 36.4 Å². The molecule has 6 heteroatoms. The Morgan fingerprint density at radius 2 is 1.86 bits per heavy atom. The smallest absolute Gasteiger partial charge is 0.210 e. The average Bonchev–Trinajstić information content (AvgIpc) is 2.49. The number of rotatable bonds is 2. The summed E-state index contributed by atoms with van der Waals surface area (Å²) < 4.78 is 25.6. The van der Waals surface area contributed by atoms with E-state index in [-0.39, 0.29) is 4.90 Å². The van der Waals surface area contributed by atoms with Crippen LogP contribution >= 0.6 is 0 Å². The van der Waals surface area contributed by atoms with E-state index in [0.717, 1.165) is 5.69 Å². The van der Waals surface area contributed by atoms with Crippen molar-refractivity contribution in [3.63, 3.8) is 0 Å². The molecule has 0 radical (unpaired) electrons. The van der Waals surface area contributed by atoms with Gasteiger partial charge in [0.1, 0.15) is 0 Å². The van der Waals surface area contributed by atoms with Crippen molar-refractivity contribution in [1.82, 2.24) is 0 Å². The number of para-hydroxylation sites is 1. The van der Waals surface area contributed by atoms with E-state index in [1.807, 2.05) is 24.0 Å². The molecule has 0 aliphatic carbocycles. The van der Waals surface area contributed by atoms with Gasteiger partial charge in [-0.05, 0) is 31.2 Å². The molecule has 0 unspecified atom stereocenters. The Hall–Kier alpha value is -2.21. The van der Waals surface area contributed by atoms with Crippen LogP contribution < -0.4 is 16.0 Å². The summed E-state index contributed by atoms with van der Waals surface area (Å²) in [4.78, 5) is 2.54. The number of nitrogens with two attached hydrogens (primary N) is 1. The zero-order chi connectivity index (χ0) is 15.2. The van der Waals surface area contributed by atoms with Crippen molar-refractivity contribution in [2.24, 2.45) is 0 Å². The van der Waals surface area contributed by atoms with E-state index in [9.17, 15) is 8.42 Å². The van der Waals surface area contributed by atoms with Crippen molar-refractivity contribution < 1.29 is 8.42 Å². The molecule has 0 spiro atoms. The largest absolute Gasteiger partial charge is 0.395 e. The molecule has 5 nitrogen and oxygen atoms in total. The number of hydrogen-bond donors (Lipinski definition) is 2. The molecule has 0 bridgehead atoms. The topological polar surface area (TPSA) is 75.4 Å². The Labute approximate surface area is 124 Å². The van der Waals surface area contributed by atoms with Gasteiger partial charge in [0.2, 0.25) is 9.84 Å². The van der Waals surface area contributed by atoms with Gasteiger partial charge in [0, 0.05) is 13.6 Å². The van der Waals surface area contributed by atoms with E-state index < -0.39 is 9.84 Å². The number of hydrogen-bond acceptors (Lipinski definition) is 5. The third kappa shape index (κ3) is 1.79. The minimum absolute atomic E-state index is 0.263. The highest BCUT2D eigenvalue weighted by Crippen LogP contribution is 2.48. The molecule has 2 aromatic rings. The first-order valence-electron chi connectivity index (χ1n) is 6.74. The maximum atomic E-state index is 12.8. The number of benzene rings is 2. The lowest BCUT2D eigenvalue weighted by Crippen LogP contribution is -2.27. The molecule has 0 aromatic heterocycles. The maximum Gasteiger partial charge on any atom is 0.210 e. The Kier molecular flexibility index (Phi) is 3.06. The summed E-state index contributed by atoms with van der Waals surface area (Å²) in [6.45, 7) is 2.61.